The highest BCUT2D eigenvalue weighted by atomic mass is 79.9. The Hall–Kier alpha value is -1.31. The predicted molar refractivity (Wildman–Crippen MR) is 73.0 cm³/mol. The molecule has 0 unspecified atom stereocenters. The number of carbonyl (C=O) groups excluding carboxylic acids is 1. The van der Waals surface area contributed by atoms with Gasteiger partial charge in [-0.3, -0.25) is 9.78 Å². The highest BCUT2D eigenvalue weighted by molar-refractivity contribution is 9.10. The van der Waals surface area contributed by atoms with Crippen LogP contribution in [0.3, 0.4) is 0 Å². The minimum Gasteiger partial charge on any atom is -0.369 e. The van der Waals surface area contributed by atoms with E-state index in [1.54, 1.807) is 0 Å². The van der Waals surface area contributed by atoms with E-state index in [2.05, 4.69) is 26.2 Å². The second kappa shape index (κ2) is 5.99. The minimum absolute atomic E-state index is 0.288. The zero-order valence-electron chi connectivity index (χ0n) is 11.0. The summed E-state index contributed by atoms with van der Waals surface area (Å²) in [5, 5.41) is 2.60. The van der Waals surface area contributed by atoms with E-state index in [0.29, 0.717) is 4.47 Å². The molecule has 0 aliphatic heterocycles. The molecular weight excluding hydrogens is 339 g/mol. The van der Waals surface area contributed by atoms with Crippen molar-refractivity contribution in [1.29, 1.82) is 0 Å². The molecule has 20 heavy (non-hydrogen) atoms. The molecule has 0 aliphatic rings. The second-order valence-electron chi connectivity index (χ2n) is 4.80. The van der Waals surface area contributed by atoms with Gasteiger partial charge in [-0.2, -0.15) is 13.2 Å². The molecule has 0 saturated carbocycles. The maximum absolute atomic E-state index is 12.8. The largest absolute Gasteiger partial charge is 0.391 e. The average molecular weight is 354 g/mol. The lowest BCUT2D eigenvalue weighted by Gasteiger charge is -2.36. The number of halogens is 4. The van der Waals surface area contributed by atoms with Crippen LogP contribution < -0.4 is 11.1 Å². The standard InChI is InChI=1S/C12H15BrF3N3O/c1-7(2)11(10(17)20,6-12(14,15)16)19-9-3-8(13)4-18-5-9/h3-5,7,19H,6H2,1-2H3,(H2,17,20)/t11-/m1/s1. The quantitative estimate of drug-likeness (QED) is 0.854. The van der Waals surface area contributed by atoms with E-state index < -0.39 is 30.0 Å². The average Bonchev–Trinajstić information content (AvgIpc) is 2.25. The molecule has 3 N–H and O–H groups in total. The van der Waals surface area contributed by atoms with Crippen LogP contribution in [0.1, 0.15) is 20.3 Å². The van der Waals surface area contributed by atoms with Gasteiger partial charge in [0.05, 0.1) is 18.3 Å². The highest BCUT2D eigenvalue weighted by Crippen LogP contribution is 2.35. The number of nitrogens with zero attached hydrogens (tertiary/aromatic N) is 1. The molecule has 8 heteroatoms. The van der Waals surface area contributed by atoms with Gasteiger partial charge in [0, 0.05) is 10.7 Å². The Kier molecular flexibility index (Phi) is 5.01. The maximum atomic E-state index is 12.8. The zero-order valence-corrected chi connectivity index (χ0v) is 12.5. The molecule has 0 radical (unpaired) electrons. The molecule has 112 valence electrons. The summed E-state index contributed by atoms with van der Waals surface area (Å²) in [5.74, 6) is -1.70. The van der Waals surface area contributed by atoms with Crippen molar-refractivity contribution in [3.8, 4) is 0 Å². The van der Waals surface area contributed by atoms with Crippen LogP contribution >= 0.6 is 15.9 Å². The Morgan fingerprint density at radius 3 is 2.45 bits per heavy atom. The molecular formula is C12H15BrF3N3O. The van der Waals surface area contributed by atoms with E-state index in [1.165, 1.54) is 32.3 Å². The van der Waals surface area contributed by atoms with Crippen molar-refractivity contribution >= 4 is 27.5 Å². The third-order valence-electron chi connectivity index (χ3n) is 2.98. The van der Waals surface area contributed by atoms with Crippen LogP contribution in [-0.2, 0) is 4.79 Å². The summed E-state index contributed by atoms with van der Waals surface area (Å²) >= 11 is 3.16. The van der Waals surface area contributed by atoms with Crippen LogP contribution in [0.25, 0.3) is 0 Å². The molecule has 1 heterocycles. The minimum atomic E-state index is -4.52. The number of primary amides is 1. The van der Waals surface area contributed by atoms with Crippen LogP contribution in [0, 0.1) is 5.92 Å². The smallest absolute Gasteiger partial charge is 0.369 e. The van der Waals surface area contributed by atoms with Gasteiger partial charge >= 0.3 is 6.18 Å². The summed E-state index contributed by atoms with van der Waals surface area (Å²) in [6, 6.07) is 1.53. The number of amides is 1. The first-order chi connectivity index (χ1) is 9.07. The highest BCUT2D eigenvalue weighted by Gasteiger charge is 2.49. The molecule has 1 aromatic heterocycles. The number of rotatable bonds is 5. The van der Waals surface area contributed by atoms with Crippen LogP contribution in [0.5, 0.6) is 0 Å². The van der Waals surface area contributed by atoms with Crippen LogP contribution in [0.4, 0.5) is 18.9 Å². The number of nitrogens with one attached hydrogen (secondary N) is 1. The summed E-state index contributed by atoms with van der Waals surface area (Å²) in [7, 11) is 0. The summed E-state index contributed by atoms with van der Waals surface area (Å²) < 4.78 is 38.9. The maximum Gasteiger partial charge on any atom is 0.391 e. The Balaban J connectivity index is 3.19. The van der Waals surface area contributed by atoms with Gasteiger partial charge in [0.25, 0.3) is 0 Å². The van der Waals surface area contributed by atoms with Gasteiger partial charge in [0.1, 0.15) is 5.54 Å². The third-order valence-corrected chi connectivity index (χ3v) is 3.41. The number of aromatic nitrogens is 1. The summed E-state index contributed by atoms with van der Waals surface area (Å²) in [6.07, 6.45) is -3.05. The second-order valence-corrected chi connectivity index (χ2v) is 5.71. The van der Waals surface area contributed by atoms with Gasteiger partial charge in [-0.05, 0) is 27.9 Å². The van der Waals surface area contributed by atoms with Gasteiger partial charge in [0.15, 0.2) is 0 Å². The molecule has 1 aromatic rings. The molecule has 0 bridgehead atoms. The number of hydrogen-bond acceptors (Lipinski definition) is 3. The molecule has 0 fully saturated rings. The third kappa shape index (κ3) is 4.09. The van der Waals surface area contributed by atoms with E-state index in [0.717, 1.165) is 0 Å². The van der Waals surface area contributed by atoms with Crippen molar-refractivity contribution in [1.82, 2.24) is 4.98 Å². The fraction of sp³-hybridized carbons (Fsp3) is 0.500. The monoisotopic (exact) mass is 353 g/mol. The molecule has 0 aromatic carbocycles. The number of anilines is 1. The Morgan fingerprint density at radius 2 is 2.05 bits per heavy atom. The van der Waals surface area contributed by atoms with Crippen molar-refractivity contribution in [2.75, 3.05) is 5.32 Å². The van der Waals surface area contributed by atoms with Gasteiger partial charge < -0.3 is 11.1 Å². The summed E-state index contributed by atoms with van der Waals surface area (Å²) in [5.41, 5.74) is 3.60. The number of carbonyl (C=O) groups is 1. The van der Waals surface area contributed by atoms with E-state index >= 15 is 0 Å². The first-order valence-corrected chi connectivity index (χ1v) is 6.61. The van der Waals surface area contributed by atoms with Crippen molar-refractivity contribution in [2.24, 2.45) is 11.7 Å². The fourth-order valence-electron chi connectivity index (χ4n) is 1.88. The SMILES string of the molecule is CC(C)[C@@](CC(F)(F)F)(Nc1cncc(Br)c1)C(N)=O. The predicted octanol–water partition coefficient (Wildman–Crippen LogP) is 3.09. The fourth-order valence-corrected chi connectivity index (χ4v) is 2.24. The van der Waals surface area contributed by atoms with Crippen molar-refractivity contribution in [3.63, 3.8) is 0 Å². The van der Waals surface area contributed by atoms with Crippen molar-refractivity contribution in [3.05, 3.63) is 22.9 Å². The summed E-state index contributed by atoms with van der Waals surface area (Å²) in [4.78, 5) is 15.5. The molecule has 0 spiro atoms. The van der Waals surface area contributed by atoms with Crippen LogP contribution in [-0.4, -0.2) is 22.6 Å². The molecule has 4 nitrogen and oxygen atoms in total. The van der Waals surface area contributed by atoms with Gasteiger partial charge in [-0.1, -0.05) is 13.8 Å². The number of nitrogens with two attached hydrogens (primary N) is 1. The lowest BCUT2D eigenvalue weighted by Crippen LogP contribution is -2.56. The van der Waals surface area contributed by atoms with Gasteiger partial charge in [-0.25, -0.2) is 0 Å². The van der Waals surface area contributed by atoms with E-state index in [-0.39, 0.29) is 5.69 Å². The number of pyridine rings is 1. The van der Waals surface area contributed by atoms with Gasteiger partial charge in [-0.15, -0.1) is 0 Å². The van der Waals surface area contributed by atoms with Gasteiger partial charge in [0.2, 0.25) is 5.91 Å². The summed E-state index contributed by atoms with van der Waals surface area (Å²) in [6.45, 7) is 3.02. The molecule has 1 rings (SSSR count). The normalized spacial score (nSPS) is 14.9. The number of alkyl halides is 3. The molecule has 0 aliphatic carbocycles. The van der Waals surface area contributed by atoms with Crippen molar-refractivity contribution < 1.29 is 18.0 Å². The molecule has 1 amide bonds. The lowest BCUT2D eigenvalue weighted by molar-refractivity contribution is -0.157. The van der Waals surface area contributed by atoms with Crippen LogP contribution in [0.2, 0.25) is 0 Å². The van der Waals surface area contributed by atoms with E-state index in [4.69, 9.17) is 5.73 Å². The molecule has 0 saturated heterocycles. The first kappa shape index (κ1) is 16.7. The van der Waals surface area contributed by atoms with E-state index in [9.17, 15) is 18.0 Å². The zero-order chi connectivity index (χ0) is 15.6. The lowest BCUT2D eigenvalue weighted by atomic mass is 9.82. The molecule has 1 atom stereocenters. The Morgan fingerprint density at radius 1 is 1.45 bits per heavy atom. The first-order valence-electron chi connectivity index (χ1n) is 5.82. The van der Waals surface area contributed by atoms with Crippen molar-refractivity contribution in [2.45, 2.75) is 32.0 Å². The Labute approximate surface area is 123 Å². The van der Waals surface area contributed by atoms with E-state index in [1.807, 2.05) is 0 Å². The topological polar surface area (TPSA) is 68.0 Å². The number of hydrogen-bond donors (Lipinski definition) is 2. The Bertz CT molecular complexity index is 493. The van der Waals surface area contributed by atoms with Crippen LogP contribution in [0.15, 0.2) is 22.9 Å².